The number of ether oxygens (including phenoxy) is 1. The maximum Gasteiger partial charge on any atom is 0.120 e. The van der Waals surface area contributed by atoms with Crippen molar-refractivity contribution in [3.63, 3.8) is 0 Å². The van der Waals surface area contributed by atoms with Gasteiger partial charge in [0.2, 0.25) is 0 Å². The highest BCUT2D eigenvalue weighted by atomic mass is 16.5. The monoisotopic (exact) mass is 228 g/mol. The van der Waals surface area contributed by atoms with E-state index in [0.29, 0.717) is 0 Å². The van der Waals surface area contributed by atoms with Crippen LogP contribution >= 0.6 is 0 Å². The molecule has 0 radical (unpaired) electrons. The molecule has 1 aromatic carbocycles. The van der Waals surface area contributed by atoms with Gasteiger partial charge in [0.25, 0.3) is 0 Å². The van der Waals surface area contributed by atoms with Crippen molar-refractivity contribution in [1.29, 1.82) is 0 Å². The van der Waals surface area contributed by atoms with Gasteiger partial charge < -0.3 is 4.74 Å². The van der Waals surface area contributed by atoms with Crippen molar-refractivity contribution in [1.82, 2.24) is 0 Å². The van der Waals surface area contributed by atoms with Crippen molar-refractivity contribution in [2.45, 2.75) is 38.2 Å². The zero-order chi connectivity index (χ0) is 11.9. The first-order chi connectivity index (χ1) is 8.17. The topological polar surface area (TPSA) is 9.23 Å². The fourth-order valence-corrected chi connectivity index (χ4v) is 3.64. The molecular formula is C16H20O. The molecule has 0 aliphatic heterocycles. The largest absolute Gasteiger partial charge is 0.487 e. The Kier molecular flexibility index (Phi) is 2.50. The molecule has 0 amide bonds. The SMILES string of the molecule is C=C(OC1(C)CC2CCC1C2)c1ccccc1. The van der Waals surface area contributed by atoms with Crippen molar-refractivity contribution in [2.24, 2.45) is 11.8 Å². The van der Waals surface area contributed by atoms with Crippen LogP contribution in [0.4, 0.5) is 0 Å². The number of rotatable bonds is 3. The third kappa shape index (κ3) is 1.88. The number of hydrogen-bond donors (Lipinski definition) is 0. The lowest BCUT2D eigenvalue weighted by atomic mass is 9.85. The van der Waals surface area contributed by atoms with Crippen molar-refractivity contribution < 1.29 is 4.74 Å². The Morgan fingerprint density at radius 2 is 2.06 bits per heavy atom. The Morgan fingerprint density at radius 3 is 2.65 bits per heavy atom. The highest BCUT2D eigenvalue weighted by molar-refractivity contribution is 5.57. The van der Waals surface area contributed by atoms with E-state index in [1.165, 1.54) is 25.7 Å². The zero-order valence-corrected chi connectivity index (χ0v) is 10.5. The highest BCUT2D eigenvalue weighted by Gasteiger charge is 2.49. The summed E-state index contributed by atoms with van der Waals surface area (Å²) in [6, 6.07) is 10.2. The molecule has 2 bridgehead atoms. The van der Waals surface area contributed by atoms with Gasteiger partial charge in [0.05, 0.1) is 0 Å². The minimum absolute atomic E-state index is 0.0375. The molecule has 2 aliphatic carbocycles. The Hall–Kier alpha value is -1.24. The van der Waals surface area contributed by atoms with Gasteiger partial charge in [-0.25, -0.2) is 0 Å². The van der Waals surface area contributed by atoms with Crippen LogP contribution in [0, 0.1) is 11.8 Å². The van der Waals surface area contributed by atoms with Gasteiger partial charge in [-0.3, -0.25) is 0 Å². The van der Waals surface area contributed by atoms with Crippen LogP contribution in [0.2, 0.25) is 0 Å². The lowest BCUT2D eigenvalue weighted by molar-refractivity contribution is 0.00550. The second kappa shape index (κ2) is 3.90. The summed E-state index contributed by atoms with van der Waals surface area (Å²) in [7, 11) is 0. The predicted octanol–water partition coefficient (Wildman–Crippen LogP) is 4.25. The second-order valence-corrected chi connectivity index (χ2v) is 5.78. The average molecular weight is 228 g/mol. The molecule has 1 nitrogen and oxygen atoms in total. The molecule has 90 valence electrons. The van der Waals surface area contributed by atoms with E-state index in [-0.39, 0.29) is 5.60 Å². The molecule has 3 unspecified atom stereocenters. The summed E-state index contributed by atoms with van der Waals surface area (Å²) < 4.78 is 6.22. The molecule has 3 atom stereocenters. The van der Waals surface area contributed by atoms with Crippen molar-refractivity contribution in [3.05, 3.63) is 42.5 Å². The molecule has 17 heavy (non-hydrogen) atoms. The first-order valence-corrected chi connectivity index (χ1v) is 6.61. The normalized spacial score (nSPS) is 34.9. The molecule has 2 saturated carbocycles. The lowest BCUT2D eigenvalue weighted by Crippen LogP contribution is -2.34. The minimum atomic E-state index is 0.0375. The van der Waals surface area contributed by atoms with Crippen LogP contribution in [-0.2, 0) is 4.74 Å². The molecule has 0 saturated heterocycles. The maximum atomic E-state index is 6.22. The molecule has 0 heterocycles. The average Bonchev–Trinajstić information content (AvgIpc) is 2.89. The minimum Gasteiger partial charge on any atom is -0.487 e. The van der Waals surface area contributed by atoms with E-state index in [1.54, 1.807) is 0 Å². The molecular weight excluding hydrogens is 208 g/mol. The standard InChI is InChI=1S/C16H20O/c1-12(14-6-4-3-5-7-14)17-16(2)11-13-8-9-15(16)10-13/h3-7,13,15H,1,8-11H2,2H3. The number of benzene rings is 1. The van der Waals surface area contributed by atoms with Gasteiger partial charge in [0.15, 0.2) is 0 Å². The molecule has 1 heteroatoms. The summed E-state index contributed by atoms with van der Waals surface area (Å²) in [6.45, 7) is 6.36. The van der Waals surface area contributed by atoms with Crippen LogP contribution in [-0.4, -0.2) is 5.60 Å². The Balaban J connectivity index is 1.74. The van der Waals surface area contributed by atoms with Gasteiger partial charge in [-0.2, -0.15) is 0 Å². The van der Waals surface area contributed by atoms with Gasteiger partial charge in [-0.1, -0.05) is 36.9 Å². The molecule has 2 fully saturated rings. The lowest BCUT2D eigenvalue weighted by Gasteiger charge is -2.35. The van der Waals surface area contributed by atoms with Crippen molar-refractivity contribution >= 4 is 5.76 Å². The molecule has 2 aliphatic rings. The van der Waals surface area contributed by atoms with E-state index in [2.05, 4.69) is 25.6 Å². The molecule has 0 aromatic heterocycles. The van der Waals surface area contributed by atoms with Crippen LogP contribution < -0.4 is 0 Å². The van der Waals surface area contributed by atoms with Gasteiger partial charge in [-0.05, 0) is 44.4 Å². The Labute approximate surface area is 103 Å². The third-order valence-corrected chi connectivity index (χ3v) is 4.55. The second-order valence-electron chi connectivity index (χ2n) is 5.78. The van der Waals surface area contributed by atoms with E-state index in [4.69, 9.17) is 4.74 Å². The molecule has 1 aromatic rings. The first kappa shape index (κ1) is 10.9. The van der Waals surface area contributed by atoms with Crippen LogP contribution in [0.1, 0.15) is 38.2 Å². The third-order valence-electron chi connectivity index (χ3n) is 4.55. The first-order valence-electron chi connectivity index (χ1n) is 6.61. The van der Waals surface area contributed by atoms with E-state index in [9.17, 15) is 0 Å². The van der Waals surface area contributed by atoms with E-state index < -0.39 is 0 Å². The van der Waals surface area contributed by atoms with Gasteiger partial charge in [-0.15, -0.1) is 0 Å². The van der Waals surface area contributed by atoms with Gasteiger partial charge in [0, 0.05) is 5.56 Å². The summed E-state index contributed by atoms with van der Waals surface area (Å²) in [5, 5.41) is 0. The van der Waals surface area contributed by atoms with Crippen LogP contribution in [0.5, 0.6) is 0 Å². The number of fused-ring (bicyclic) bond motifs is 2. The fourth-order valence-electron chi connectivity index (χ4n) is 3.64. The summed E-state index contributed by atoms with van der Waals surface area (Å²) in [5.41, 5.74) is 1.15. The van der Waals surface area contributed by atoms with E-state index in [0.717, 1.165) is 23.2 Å². The van der Waals surface area contributed by atoms with Crippen LogP contribution in [0.3, 0.4) is 0 Å². The quantitative estimate of drug-likeness (QED) is 0.703. The highest BCUT2D eigenvalue weighted by Crippen LogP contribution is 2.53. The van der Waals surface area contributed by atoms with Crippen molar-refractivity contribution in [3.8, 4) is 0 Å². The zero-order valence-electron chi connectivity index (χ0n) is 10.5. The molecule has 0 spiro atoms. The summed E-state index contributed by atoms with van der Waals surface area (Å²) in [6.07, 6.45) is 5.31. The fraction of sp³-hybridized carbons (Fsp3) is 0.500. The Morgan fingerprint density at radius 1 is 1.29 bits per heavy atom. The summed E-state index contributed by atoms with van der Waals surface area (Å²) >= 11 is 0. The van der Waals surface area contributed by atoms with E-state index >= 15 is 0 Å². The molecule has 0 N–H and O–H groups in total. The van der Waals surface area contributed by atoms with Gasteiger partial charge in [0.1, 0.15) is 11.4 Å². The van der Waals surface area contributed by atoms with Crippen LogP contribution in [0.15, 0.2) is 36.9 Å². The van der Waals surface area contributed by atoms with Crippen LogP contribution in [0.25, 0.3) is 5.76 Å². The van der Waals surface area contributed by atoms with E-state index in [1.807, 2.05) is 18.2 Å². The van der Waals surface area contributed by atoms with Gasteiger partial charge >= 0.3 is 0 Å². The summed E-state index contributed by atoms with van der Waals surface area (Å²) in [5.74, 6) is 2.47. The maximum absolute atomic E-state index is 6.22. The smallest absolute Gasteiger partial charge is 0.120 e. The number of hydrogen-bond acceptors (Lipinski definition) is 1. The molecule has 3 rings (SSSR count). The summed E-state index contributed by atoms with van der Waals surface area (Å²) in [4.78, 5) is 0. The Bertz CT molecular complexity index is 422. The predicted molar refractivity (Wildman–Crippen MR) is 70.4 cm³/mol. The van der Waals surface area contributed by atoms with Crippen molar-refractivity contribution in [2.75, 3.05) is 0 Å².